The van der Waals surface area contributed by atoms with Crippen molar-refractivity contribution < 1.29 is 9.21 Å². The van der Waals surface area contributed by atoms with Crippen LogP contribution in [0.3, 0.4) is 0 Å². The van der Waals surface area contributed by atoms with Crippen molar-refractivity contribution in [3.8, 4) is 0 Å². The Labute approximate surface area is 127 Å². The van der Waals surface area contributed by atoms with Gasteiger partial charge in [0, 0.05) is 13.0 Å². The number of furan rings is 1. The number of fused-ring (bicyclic) bond motifs is 1. The van der Waals surface area contributed by atoms with E-state index in [4.69, 9.17) is 16.0 Å². The van der Waals surface area contributed by atoms with Gasteiger partial charge in [-0.2, -0.15) is 0 Å². The number of nitrogens with one attached hydrogen (secondary N) is 1. The topological polar surface area (TPSA) is 73.0 Å². The van der Waals surface area contributed by atoms with Gasteiger partial charge in [0.2, 0.25) is 5.22 Å². The second-order valence-electron chi connectivity index (χ2n) is 5.24. The van der Waals surface area contributed by atoms with E-state index in [0.717, 1.165) is 37.5 Å². The van der Waals surface area contributed by atoms with Gasteiger partial charge in [-0.15, -0.1) is 10.2 Å². The van der Waals surface area contributed by atoms with Crippen molar-refractivity contribution in [1.82, 2.24) is 20.1 Å². The average molecular weight is 309 g/mol. The Morgan fingerprint density at radius 3 is 3.05 bits per heavy atom. The van der Waals surface area contributed by atoms with E-state index in [1.54, 1.807) is 6.07 Å². The fourth-order valence-corrected chi connectivity index (χ4v) is 2.82. The van der Waals surface area contributed by atoms with Crippen LogP contribution in [-0.4, -0.2) is 20.7 Å². The molecule has 1 N–H and O–H groups in total. The Morgan fingerprint density at radius 1 is 1.43 bits per heavy atom. The summed E-state index contributed by atoms with van der Waals surface area (Å²) < 4.78 is 7.06. The third kappa shape index (κ3) is 2.81. The van der Waals surface area contributed by atoms with Crippen LogP contribution in [0.2, 0.25) is 5.22 Å². The molecule has 7 heteroatoms. The molecular weight excluding hydrogens is 292 g/mol. The molecule has 3 rings (SSSR count). The van der Waals surface area contributed by atoms with Crippen LogP contribution in [0.25, 0.3) is 0 Å². The summed E-state index contributed by atoms with van der Waals surface area (Å²) in [6.45, 7) is 2.80. The average Bonchev–Trinajstić information content (AvgIpc) is 2.99. The lowest BCUT2D eigenvalue weighted by atomic mass is 10.2. The molecule has 0 bridgehead atoms. The summed E-state index contributed by atoms with van der Waals surface area (Å²) >= 11 is 5.82. The summed E-state index contributed by atoms with van der Waals surface area (Å²) in [7, 11) is 0. The Morgan fingerprint density at radius 2 is 2.29 bits per heavy atom. The van der Waals surface area contributed by atoms with Gasteiger partial charge in [0.1, 0.15) is 5.82 Å². The number of nitrogens with zero attached hydrogens (tertiary/aromatic N) is 3. The van der Waals surface area contributed by atoms with Crippen LogP contribution in [-0.2, 0) is 13.0 Å². The van der Waals surface area contributed by atoms with Crippen LogP contribution in [0.4, 0.5) is 0 Å². The monoisotopic (exact) mass is 308 g/mol. The molecule has 0 spiro atoms. The van der Waals surface area contributed by atoms with Crippen molar-refractivity contribution in [2.75, 3.05) is 0 Å². The molecule has 112 valence electrons. The van der Waals surface area contributed by atoms with Crippen molar-refractivity contribution in [3.63, 3.8) is 0 Å². The van der Waals surface area contributed by atoms with E-state index in [-0.39, 0.29) is 17.2 Å². The quantitative estimate of drug-likeness (QED) is 0.946. The van der Waals surface area contributed by atoms with Gasteiger partial charge in [-0.1, -0.05) is 6.42 Å². The Bertz CT molecular complexity index is 649. The highest BCUT2D eigenvalue weighted by Crippen LogP contribution is 2.20. The molecule has 2 aromatic rings. The fraction of sp³-hybridized carbons (Fsp3) is 0.500. The molecule has 1 aliphatic rings. The molecule has 0 aliphatic carbocycles. The first kappa shape index (κ1) is 14.1. The maximum atomic E-state index is 12.2. The van der Waals surface area contributed by atoms with Crippen LogP contribution in [0.15, 0.2) is 16.7 Å². The zero-order valence-corrected chi connectivity index (χ0v) is 12.6. The summed E-state index contributed by atoms with van der Waals surface area (Å²) in [5, 5.41) is 11.5. The number of hydrogen-bond donors (Lipinski definition) is 1. The van der Waals surface area contributed by atoms with Crippen molar-refractivity contribution in [3.05, 3.63) is 34.8 Å². The zero-order valence-electron chi connectivity index (χ0n) is 11.8. The number of aromatic nitrogens is 3. The van der Waals surface area contributed by atoms with Gasteiger partial charge in [-0.05, 0) is 37.4 Å². The molecule has 1 amide bonds. The maximum absolute atomic E-state index is 12.2. The molecular formula is C14H17ClN4O2. The van der Waals surface area contributed by atoms with Gasteiger partial charge in [-0.25, -0.2) is 0 Å². The highest BCUT2D eigenvalue weighted by Gasteiger charge is 2.22. The smallest absolute Gasteiger partial charge is 0.256 e. The van der Waals surface area contributed by atoms with Crippen molar-refractivity contribution in [2.45, 2.75) is 45.2 Å². The van der Waals surface area contributed by atoms with E-state index in [1.807, 2.05) is 6.92 Å². The molecule has 2 aromatic heterocycles. The van der Waals surface area contributed by atoms with Crippen molar-refractivity contribution in [1.29, 1.82) is 0 Å². The second-order valence-corrected chi connectivity index (χ2v) is 5.58. The minimum absolute atomic E-state index is 0.0970. The third-order valence-corrected chi connectivity index (χ3v) is 4.03. The number of hydrogen-bond acceptors (Lipinski definition) is 4. The number of carbonyl (C=O) groups excluding carboxylic acids is 1. The summed E-state index contributed by atoms with van der Waals surface area (Å²) in [6.07, 6.45) is 5.80. The van der Waals surface area contributed by atoms with E-state index in [2.05, 4.69) is 20.1 Å². The standard InChI is InChI=1S/C14H17ClN4O2/c1-9(16-14(20)10-6-8-21-12(10)15)13-18-17-11-5-3-2-4-7-19(11)13/h6,8-9H,2-5,7H2,1H3,(H,16,20). The predicted molar refractivity (Wildman–Crippen MR) is 77.2 cm³/mol. The molecule has 0 saturated heterocycles. The van der Waals surface area contributed by atoms with E-state index >= 15 is 0 Å². The van der Waals surface area contributed by atoms with E-state index in [0.29, 0.717) is 5.56 Å². The fourth-order valence-electron chi connectivity index (χ4n) is 2.62. The number of rotatable bonds is 3. The largest absolute Gasteiger partial charge is 0.452 e. The molecule has 0 saturated carbocycles. The highest BCUT2D eigenvalue weighted by atomic mass is 35.5. The Kier molecular flexibility index (Phi) is 3.96. The van der Waals surface area contributed by atoms with E-state index < -0.39 is 0 Å². The first-order valence-corrected chi connectivity index (χ1v) is 7.50. The first-order chi connectivity index (χ1) is 10.2. The molecule has 1 unspecified atom stereocenters. The molecule has 1 aliphatic heterocycles. The molecule has 3 heterocycles. The van der Waals surface area contributed by atoms with Gasteiger partial charge < -0.3 is 14.3 Å². The van der Waals surface area contributed by atoms with E-state index in [9.17, 15) is 4.79 Å². The highest BCUT2D eigenvalue weighted by molar-refractivity contribution is 6.32. The molecule has 0 fully saturated rings. The minimum Gasteiger partial charge on any atom is -0.452 e. The number of carbonyl (C=O) groups is 1. The van der Waals surface area contributed by atoms with E-state index in [1.165, 1.54) is 12.7 Å². The SMILES string of the molecule is CC(NC(=O)c1ccoc1Cl)c1nnc2n1CCCCC2. The van der Waals surface area contributed by atoms with Gasteiger partial charge in [0.05, 0.1) is 17.9 Å². The van der Waals surface area contributed by atoms with Crippen molar-refractivity contribution in [2.24, 2.45) is 0 Å². The lowest BCUT2D eigenvalue weighted by molar-refractivity contribution is 0.0937. The summed E-state index contributed by atoms with van der Waals surface area (Å²) in [6, 6.07) is 1.32. The summed E-state index contributed by atoms with van der Waals surface area (Å²) in [5.41, 5.74) is 0.333. The number of halogens is 1. The second kappa shape index (κ2) is 5.89. The number of aryl methyl sites for hydroxylation is 1. The number of amides is 1. The molecule has 6 nitrogen and oxygen atoms in total. The predicted octanol–water partition coefficient (Wildman–Crippen LogP) is 2.74. The first-order valence-electron chi connectivity index (χ1n) is 7.12. The lowest BCUT2D eigenvalue weighted by Crippen LogP contribution is -2.28. The van der Waals surface area contributed by atoms with Crippen LogP contribution in [0.5, 0.6) is 0 Å². The summed E-state index contributed by atoms with van der Waals surface area (Å²) in [4.78, 5) is 12.2. The third-order valence-electron chi connectivity index (χ3n) is 3.74. The van der Waals surface area contributed by atoms with Gasteiger partial charge >= 0.3 is 0 Å². The van der Waals surface area contributed by atoms with Crippen molar-refractivity contribution >= 4 is 17.5 Å². The molecule has 0 aromatic carbocycles. The van der Waals surface area contributed by atoms with Crippen LogP contribution < -0.4 is 5.32 Å². The van der Waals surface area contributed by atoms with Gasteiger partial charge in [0.25, 0.3) is 5.91 Å². The molecule has 1 atom stereocenters. The van der Waals surface area contributed by atoms with Crippen LogP contribution in [0, 0.1) is 0 Å². The summed E-state index contributed by atoms with van der Waals surface area (Å²) in [5.74, 6) is 1.53. The molecule has 0 radical (unpaired) electrons. The minimum atomic E-state index is -0.271. The normalized spacial score (nSPS) is 16.1. The molecule has 21 heavy (non-hydrogen) atoms. The lowest BCUT2D eigenvalue weighted by Gasteiger charge is -2.14. The van der Waals surface area contributed by atoms with Crippen LogP contribution in [0.1, 0.15) is 54.2 Å². The maximum Gasteiger partial charge on any atom is 0.256 e. The Balaban J connectivity index is 1.77. The van der Waals surface area contributed by atoms with Gasteiger partial charge in [-0.3, -0.25) is 4.79 Å². The Hall–Kier alpha value is -1.82. The van der Waals surface area contributed by atoms with Crippen LogP contribution >= 0.6 is 11.6 Å². The zero-order chi connectivity index (χ0) is 14.8. The van der Waals surface area contributed by atoms with Gasteiger partial charge in [0.15, 0.2) is 5.82 Å².